The molecule has 6 heteroatoms. The van der Waals surface area contributed by atoms with Crippen LogP contribution in [0.4, 0.5) is 11.4 Å². The number of carbonyl (C=O) groups is 1. The normalized spacial score (nSPS) is 18.0. The first-order valence-corrected chi connectivity index (χ1v) is 7.77. The van der Waals surface area contributed by atoms with Crippen LogP contribution in [0.25, 0.3) is 0 Å². The number of nitrogens with one attached hydrogen (secondary N) is 1. The van der Waals surface area contributed by atoms with E-state index in [-0.39, 0.29) is 30.7 Å². The molecule has 2 heterocycles. The van der Waals surface area contributed by atoms with Gasteiger partial charge in [-0.05, 0) is 37.1 Å². The SMILES string of the molecule is CC=CCN1CCN(c2ccc3c(c2)CCC(=O)N3)CC1.Cl.Cl. The van der Waals surface area contributed by atoms with Gasteiger partial charge in [-0.1, -0.05) is 12.2 Å². The summed E-state index contributed by atoms with van der Waals surface area (Å²) in [7, 11) is 0. The number of benzene rings is 1. The van der Waals surface area contributed by atoms with E-state index in [1.807, 2.05) is 6.07 Å². The number of aryl methyl sites for hydroxylation is 1. The van der Waals surface area contributed by atoms with E-state index in [1.165, 1.54) is 11.3 Å². The van der Waals surface area contributed by atoms with E-state index in [9.17, 15) is 4.79 Å². The van der Waals surface area contributed by atoms with Crippen molar-refractivity contribution >= 4 is 42.1 Å². The summed E-state index contributed by atoms with van der Waals surface area (Å²) in [4.78, 5) is 16.3. The van der Waals surface area contributed by atoms with Gasteiger partial charge in [0.2, 0.25) is 5.91 Å². The van der Waals surface area contributed by atoms with Crippen LogP contribution >= 0.6 is 24.8 Å². The summed E-state index contributed by atoms with van der Waals surface area (Å²) in [5, 5.41) is 2.95. The molecule has 0 spiro atoms. The summed E-state index contributed by atoms with van der Waals surface area (Å²) in [6.07, 6.45) is 5.80. The van der Waals surface area contributed by atoms with E-state index in [1.54, 1.807) is 0 Å². The molecule has 1 aromatic rings. The summed E-state index contributed by atoms with van der Waals surface area (Å²) in [6.45, 7) is 7.49. The summed E-state index contributed by atoms with van der Waals surface area (Å²) in [5.41, 5.74) is 3.54. The van der Waals surface area contributed by atoms with Crippen molar-refractivity contribution in [2.45, 2.75) is 19.8 Å². The van der Waals surface area contributed by atoms with Gasteiger partial charge in [0.1, 0.15) is 0 Å². The van der Waals surface area contributed by atoms with E-state index in [0.29, 0.717) is 6.42 Å². The zero-order valence-electron chi connectivity index (χ0n) is 13.5. The Balaban J connectivity index is 0.00000132. The lowest BCUT2D eigenvalue weighted by molar-refractivity contribution is -0.116. The maximum atomic E-state index is 11.4. The molecule has 1 N–H and O–H groups in total. The predicted octanol–water partition coefficient (Wildman–Crippen LogP) is 3.11. The molecule has 0 unspecified atom stereocenters. The van der Waals surface area contributed by atoms with Crippen LogP contribution in [0, 0.1) is 0 Å². The van der Waals surface area contributed by atoms with Crippen LogP contribution in [-0.2, 0) is 11.2 Å². The molecule has 4 nitrogen and oxygen atoms in total. The zero-order valence-corrected chi connectivity index (χ0v) is 15.1. The summed E-state index contributed by atoms with van der Waals surface area (Å²) < 4.78 is 0. The molecule has 1 amide bonds. The van der Waals surface area contributed by atoms with E-state index < -0.39 is 0 Å². The molecule has 1 saturated heterocycles. The smallest absolute Gasteiger partial charge is 0.224 e. The second-order valence-electron chi connectivity index (χ2n) is 5.75. The minimum absolute atomic E-state index is 0. The molecule has 3 rings (SSSR count). The first kappa shape index (κ1) is 19.8. The van der Waals surface area contributed by atoms with Crippen molar-refractivity contribution in [1.82, 2.24) is 4.90 Å². The van der Waals surface area contributed by atoms with Crippen LogP contribution in [0.15, 0.2) is 30.4 Å². The van der Waals surface area contributed by atoms with Crippen LogP contribution in [0.1, 0.15) is 18.9 Å². The Hall–Kier alpha value is -1.23. The minimum Gasteiger partial charge on any atom is -0.369 e. The number of hydrogen-bond acceptors (Lipinski definition) is 3. The Morgan fingerprint density at radius 3 is 2.57 bits per heavy atom. The second-order valence-corrected chi connectivity index (χ2v) is 5.75. The average molecular weight is 358 g/mol. The molecule has 2 aliphatic rings. The first-order chi connectivity index (χ1) is 10.3. The third-order valence-corrected chi connectivity index (χ3v) is 4.32. The Morgan fingerprint density at radius 1 is 1.13 bits per heavy atom. The maximum absolute atomic E-state index is 11.4. The average Bonchev–Trinajstić information content (AvgIpc) is 2.53. The van der Waals surface area contributed by atoms with Crippen LogP contribution in [0.3, 0.4) is 0 Å². The van der Waals surface area contributed by atoms with Gasteiger partial charge in [0.15, 0.2) is 0 Å². The standard InChI is InChI=1S/C17H23N3O.2ClH/c1-2-3-8-19-9-11-20(12-10-19)15-5-6-16-14(13-15)4-7-17(21)18-16;;/h2-3,5-6,13H,4,7-12H2,1H3,(H,18,21);2*1H. The molecular weight excluding hydrogens is 333 g/mol. The summed E-state index contributed by atoms with van der Waals surface area (Å²) >= 11 is 0. The van der Waals surface area contributed by atoms with Gasteiger partial charge in [-0.15, -0.1) is 24.8 Å². The predicted molar refractivity (Wildman–Crippen MR) is 101 cm³/mol. The monoisotopic (exact) mass is 357 g/mol. The highest BCUT2D eigenvalue weighted by Crippen LogP contribution is 2.28. The molecule has 0 atom stereocenters. The van der Waals surface area contributed by atoms with Crippen LogP contribution in [0.2, 0.25) is 0 Å². The zero-order chi connectivity index (χ0) is 14.7. The number of halogens is 2. The number of nitrogens with zero attached hydrogens (tertiary/aromatic N) is 2. The Bertz CT molecular complexity index is 555. The van der Waals surface area contributed by atoms with E-state index in [2.05, 4.69) is 46.3 Å². The number of piperazine rings is 1. The number of amides is 1. The van der Waals surface area contributed by atoms with Crippen LogP contribution in [0.5, 0.6) is 0 Å². The van der Waals surface area contributed by atoms with Crippen molar-refractivity contribution in [3.63, 3.8) is 0 Å². The molecule has 1 fully saturated rings. The van der Waals surface area contributed by atoms with E-state index in [0.717, 1.165) is 44.8 Å². The van der Waals surface area contributed by atoms with E-state index in [4.69, 9.17) is 0 Å². The number of anilines is 2. The second kappa shape index (κ2) is 9.16. The number of hydrogen-bond donors (Lipinski definition) is 1. The van der Waals surface area contributed by atoms with Crippen molar-refractivity contribution < 1.29 is 4.79 Å². The number of rotatable bonds is 3. The molecule has 128 valence electrons. The molecule has 0 aromatic heterocycles. The molecule has 2 aliphatic heterocycles. The fourth-order valence-corrected chi connectivity index (χ4v) is 3.01. The van der Waals surface area contributed by atoms with E-state index >= 15 is 0 Å². The largest absolute Gasteiger partial charge is 0.369 e. The third kappa shape index (κ3) is 4.87. The van der Waals surface area contributed by atoms with Crippen molar-refractivity contribution in [3.8, 4) is 0 Å². The van der Waals surface area contributed by atoms with Crippen LogP contribution in [-0.4, -0.2) is 43.5 Å². The number of carbonyl (C=O) groups excluding carboxylic acids is 1. The fourth-order valence-electron chi connectivity index (χ4n) is 3.01. The third-order valence-electron chi connectivity index (χ3n) is 4.32. The summed E-state index contributed by atoms with van der Waals surface area (Å²) in [5.74, 6) is 0.132. The lowest BCUT2D eigenvalue weighted by atomic mass is 10.0. The van der Waals surface area contributed by atoms with Gasteiger partial charge in [0.05, 0.1) is 0 Å². The Morgan fingerprint density at radius 2 is 1.87 bits per heavy atom. The van der Waals surface area contributed by atoms with Gasteiger partial charge in [-0.25, -0.2) is 0 Å². The Kier molecular flexibility index (Phi) is 7.89. The lowest BCUT2D eigenvalue weighted by Gasteiger charge is -2.36. The van der Waals surface area contributed by atoms with Crippen LogP contribution < -0.4 is 10.2 Å². The lowest BCUT2D eigenvalue weighted by Crippen LogP contribution is -2.46. The summed E-state index contributed by atoms with van der Waals surface area (Å²) in [6, 6.07) is 6.43. The molecule has 0 saturated carbocycles. The number of fused-ring (bicyclic) bond motifs is 1. The van der Waals surface area contributed by atoms with Gasteiger partial charge in [0, 0.05) is 50.5 Å². The molecular formula is C17H25Cl2N3O. The Labute approximate surface area is 150 Å². The van der Waals surface area contributed by atoms with Gasteiger partial charge in [0.25, 0.3) is 0 Å². The fraction of sp³-hybridized carbons (Fsp3) is 0.471. The molecule has 23 heavy (non-hydrogen) atoms. The molecule has 0 radical (unpaired) electrons. The van der Waals surface area contributed by atoms with Gasteiger partial charge < -0.3 is 10.2 Å². The van der Waals surface area contributed by atoms with Gasteiger partial charge >= 0.3 is 0 Å². The van der Waals surface area contributed by atoms with Gasteiger partial charge in [-0.2, -0.15) is 0 Å². The first-order valence-electron chi connectivity index (χ1n) is 7.77. The van der Waals surface area contributed by atoms with Crippen molar-refractivity contribution in [2.24, 2.45) is 0 Å². The van der Waals surface area contributed by atoms with Crippen molar-refractivity contribution in [3.05, 3.63) is 35.9 Å². The number of allylic oxidation sites excluding steroid dienone is 1. The molecule has 0 bridgehead atoms. The van der Waals surface area contributed by atoms with Crippen molar-refractivity contribution in [1.29, 1.82) is 0 Å². The molecule has 0 aliphatic carbocycles. The van der Waals surface area contributed by atoms with Gasteiger partial charge in [-0.3, -0.25) is 9.69 Å². The molecule has 1 aromatic carbocycles. The highest BCUT2D eigenvalue weighted by Gasteiger charge is 2.19. The topological polar surface area (TPSA) is 35.6 Å². The highest BCUT2D eigenvalue weighted by atomic mass is 35.5. The highest BCUT2D eigenvalue weighted by molar-refractivity contribution is 5.94. The van der Waals surface area contributed by atoms with Crippen molar-refractivity contribution in [2.75, 3.05) is 42.9 Å². The maximum Gasteiger partial charge on any atom is 0.224 e. The minimum atomic E-state index is 0. The quantitative estimate of drug-likeness (QED) is 0.844.